The molecule has 0 unspecified atom stereocenters. The fourth-order valence-electron chi connectivity index (χ4n) is 4.05. The van der Waals surface area contributed by atoms with Crippen molar-refractivity contribution in [2.75, 3.05) is 33.0 Å². The molecule has 0 saturated carbocycles. The molecular formula is C22H26N3O3+. The number of benzene rings is 2. The second-order valence-corrected chi connectivity index (χ2v) is 7.59. The van der Waals surface area contributed by atoms with E-state index in [1.807, 2.05) is 60.7 Å². The maximum Gasteiger partial charge on any atom is 0.329 e. The van der Waals surface area contributed by atoms with Gasteiger partial charge in [0.25, 0.3) is 5.91 Å². The van der Waals surface area contributed by atoms with Crippen molar-refractivity contribution < 1.29 is 19.2 Å². The Bertz CT molecular complexity index is 778. The number of ether oxygens (including phenoxy) is 1. The number of rotatable bonds is 6. The van der Waals surface area contributed by atoms with Crippen LogP contribution in [-0.4, -0.2) is 55.3 Å². The number of urea groups is 1. The molecule has 3 amide bonds. The normalized spacial score (nSPS) is 19.6. The number of morpholine rings is 1. The van der Waals surface area contributed by atoms with Crippen LogP contribution in [0.4, 0.5) is 4.79 Å². The molecule has 0 atom stereocenters. The van der Waals surface area contributed by atoms with Gasteiger partial charge in [-0.05, 0) is 11.1 Å². The fraction of sp³-hybridized carbons (Fsp3) is 0.364. The van der Waals surface area contributed by atoms with E-state index in [1.54, 1.807) is 0 Å². The lowest BCUT2D eigenvalue weighted by Gasteiger charge is -2.29. The number of hydrogen-bond acceptors (Lipinski definition) is 3. The van der Waals surface area contributed by atoms with Crippen molar-refractivity contribution in [3.8, 4) is 0 Å². The molecule has 2 saturated heterocycles. The Hall–Kier alpha value is -2.70. The van der Waals surface area contributed by atoms with E-state index >= 15 is 0 Å². The van der Waals surface area contributed by atoms with Crippen molar-refractivity contribution in [3.63, 3.8) is 0 Å². The Morgan fingerprint density at radius 2 is 1.43 bits per heavy atom. The smallest absolute Gasteiger partial charge is 0.329 e. The van der Waals surface area contributed by atoms with Gasteiger partial charge in [0.15, 0.2) is 6.67 Å². The summed E-state index contributed by atoms with van der Waals surface area (Å²) in [6, 6.07) is 19.5. The highest BCUT2D eigenvalue weighted by atomic mass is 16.5. The quantitative estimate of drug-likeness (QED) is 0.723. The molecule has 6 heteroatoms. The van der Waals surface area contributed by atoms with Crippen LogP contribution in [0.25, 0.3) is 0 Å². The zero-order chi connectivity index (χ0) is 19.4. The summed E-state index contributed by atoms with van der Waals surface area (Å²) >= 11 is 0. The topological polar surface area (TPSA) is 63.1 Å². The van der Waals surface area contributed by atoms with Crippen molar-refractivity contribution in [2.45, 2.75) is 18.4 Å². The highest BCUT2D eigenvalue weighted by molar-refractivity contribution is 6.07. The molecule has 0 spiro atoms. The van der Waals surface area contributed by atoms with Gasteiger partial charge in [0.05, 0.1) is 13.2 Å². The first-order valence-electron chi connectivity index (χ1n) is 9.80. The minimum absolute atomic E-state index is 0.135. The van der Waals surface area contributed by atoms with E-state index in [4.69, 9.17) is 4.74 Å². The molecule has 0 radical (unpaired) electrons. The molecular weight excluding hydrogens is 354 g/mol. The lowest BCUT2D eigenvalue weighted by atomic mass is 9.84. The SMILES string of the molecule is O=C1NC(Cc2ccccc2)(Cc2ccccc2)C(=O)N1C[NH+]1CCOCC1. The van der Waals surface area contributed by atoms with E-state index in [0.29, 0.717) is 32.7 Å². The molecule has 146 valence electrons. The summed E-state index contributed by atoms with van der Waals surface area (Å²) in [6.45, 7) is 3.33. The van der Waals surface area contributed by atoms with Gasteiger partial charge in [0, 0.05) is 12.8 Å². The number of amides is 3. The summed E-state index contributed by atoms with van der Waals surface area (Å²) in [5, 5.41) is 3.05. The molecule has 2 aliphatic heterocycles. The van der Waals surface area contributed by atoms with Crippen LogP contribution in [0.15, 0.2) is 60.7 Å². The maximum absolute atomic E-state index is 13.5. The second kappa shape index (κ2) is 8.12. The second-order valence-electron chi connectivity index (χ2n) is 7.59. The molecule has 2 heterocycles. The van der Waals surface area contributed by atoms with Gasteiger partial charge in [-0.3, -0.25) is 4.79 Å². The molecule has 6 nitrogen and oxygen atoms in total. The van der Waals surface area contributed by atoms with Crippen LogP contribution in [-0.2, 0) is 22.4 Å². The van der Waals surface area contributed by atoms with Gasteiger partial charge in [0.2, 0.25) is 0 Å². The van der Waals surface area contributed by atoms with Gasteiger partial charge in [-0.25, -0.2) is 9.69 Å². The van der Waals surface area contributed by atoms with Crippen LogP contribution in [0.2, 0.25) is 0 Å². The molecule has 28 heavy (non-hydrogen) atoms. The third-order valence-electron chi connectivity index (χ3n) is 5.52. The van der Waals surface area contributed by atoms with Gasteiger partial charge in [-0.2, -0.15) is 0 Å². The maximum atomic E-state index is 13.5. The number of nitrogens with zero attached hydrogens (tertiary/aromatic N) is 1. The van der Waals surface area contributed by atoms with Crippen LogP contribution in [0.5, 0.6) is 0 Å². The van der Waals surface area contributed by atoms with Crippen LogP contribution in [0.3, 0.4) is 0 Å². The highest BCUT2D eigenvalue weighted by Crippen LogP contribution is 2.26. The van der Waals surface area contributed by atoms with Crippen LogP contribution in [0, 0.1) is 0 Å². The van der Waals surface area contributed by atoms with Crippen LogP contribution >= 0.6 is 0 Å². The largest absolute Gasteiger partial charge is 0.370 e. The Labute approximate surface area is 165 Å². The molecule has 2 fully saturated rings. The Balaban J connectivity index is 1.60. The van der Waals surface area contributed by atoms with Crippen molar-refractivity contribution in [3.05, 3.63) is 71.8 Å². The summed E-state index contributed by atoms with van der Waals surface area (Å²) in [5.74, 6) is -0.135. The number of nitrogens with one attached hydrogen (secondary N) is 2. The Morgan fingerprint density at radius 1 is 0.893 bits per heavy atom. The van der Waals surface area contributed by atoms with E-state index in [1.165, 1.54) is 9.80 Å². The van der Waals surface area contributed by atoms with E-state index < -0.39 is 5.54 Å². The molecule has 2 aromatic carbocycles. The van der Waals surface area contributed by atoms with Crippen LogP contribution < -0.4 is 10.2 Å². The lowest BCUT2D eigenvalue weighted by Crippen LogP contribution is -3.15. The van der Waals surface area contributed by atoms with Crippen molar-refractivity contribution in [2.24, 2.45) is 0 Å². The molecule has 0 aromatic heterocycles. The summed E-state index contributed by atoms with van der Waals surface area (Å²) in [6.07, 6.45) is 0.949. The van der Waals surface area contributed by atoms with Crippen LogP contribution in [0.1, 0.15) is 11.1 Å². The number of quaternary nitrogens is 1. The van der Waals surface area contributed by atoms with E-state index in [-0.39, 0.29) is 11.9 Å². The molecule has 0 bridgehead atoms. The summed E-state index contributed by atoms with van der Waals surface area (Å²) in [7, 11) is 0. The Kier molecular flexibility index (Phi) is 5.41. The third kappa shape index (κ3) is 3.93. The molecule has 0 aliphatic carbocycles. The molecule has 2 aliphatic rings. The Morgan fingerprint density at radius 3 is 1.96 bits per heavy atom. The predicted molar refractivity (Wildman–Crippen MR) is 105 cm³/mol. The van der Waals surface area contributed by atoms with Gasteiger partial charge >= 0.3 is 6.03 Å². The summed E-state index contributed by atoms with van der Waals surface area (Å²) < 4.78 is 5.39. The monoisotopic (exact) mass is 380 g/mol. The van der Waals surface area contributed by atoms with Gasteiger partial charge in [-0.15, -0.1) is 0 Å². The van der Waals surface area contributed by atoms with E-state index in [0.717, 1.165) is 24.2 Å². The zero-order valence-corrected chi connectivity index (χ0v) is 15.9. The average Bonchev–Trinajstić information content (AvgIpc) is 2.94. The minimum Gasteiger partial charge on any atom is -0.370 e. The van der Waals surface area contributed by atoms with Gasteiger partial charge in [-0.1, -0.05) is 60.7 Å². The van der Waals surface area contributed by atoms with E-state index in [2.05, 4.69) is 5.32 Å². The van der Waals surface area contributed by atoms with Gasteiger partial charge in [0.1, 0.15) is 18.6 Å². The zero-order valence-electron chi connectivity index (χ0n) is 15.9. The minimum atomic E-state index is -0.953. The van der Waals surface area contributed by atoms with Gasteiger partial charge < -0.3 is 15.0 Å². The molecule has 4 rings (SSSR count). The first kappa shape index (κ1) is 18.7. The van der Waals surface area contributed by atoms with Crippen molar-refractivity contribution >= 4 is 11.9 Å². The molecule has 2 N–H and O–H groups in total. The molecule has 2 aromatic rings. The van der Waals surface area contributed by atoms with Crippen molar-refractivity contribution in [1.82, 2.24) is 10.2 Å². The predicted octanol–water partition coefficient (Wildman–Crippen LogP) is 0.635. The average molecular weight is 380 g/mol. The number of hydrogen-bond donors (Lipinski definition) is 2. The standard InChI is InChI=1S/C22H25N3O3/c26-20-22(15-18-7-3-1-4-8-18,16-19-9-5-2-6-10-19)23-21(27)25(20)17-24-11-13-28-14-12-24/h1-10H,11-17H2,(H,23,27)/p+1. The first-order chi connectivity index (χ1) is 13.7. The first-order valence-corrected chi connectivity index (χ1v) is 9.80. The number of carbonyl (C=O) groups is 2. The summed E-state index contributed by atoms with van der Waals surface area (Å²) in [5.41, 5.74) is 1.12. The third-order valence-corrected chi connectivity index (χ3v) is 5.52. The number of imide groups is 1. The van der Waals surface area contributed by atoms with E-state index in [9.17, 15) is 9.59 Å². The number of carbonyl (C=O) groups excluding carboxylic acids is 2. The highest BCUT2D eigenvalue weighted by Gasteiger charge is 2.52. The van der Waals surface area contributed by atoms with Crippen molar-refractivity contribution in [1.29, 1.82) is 0 Å². The fourth-order valence-corrected chi connectivity index (χ4v) is 4.05. The summed E-state index contributed by atoms with van der Waals surface area (Å²) in [4.78, 5) is 28.9. The lowest BCUT2D eigenvalue weighted by molar-refractivity contribution is -0.915.